The van der Waals surface area contributed by atoms with Crippen molar-refractivity contribution in [1.82, 2.24) is 4.57 Å². The molecule has 0 aliphatic carbocycles. The maximum atomic E-state index is 12.2. The summed E-state index contributed by atoms with van der Waals surface area (Å²) in [6, 6.07) is 27.8. The van der Waals surface area contributed by atoms with Crippen molar-refractivity contribution in [1.29, 1.82) is 0 Å². The standard InChI is InChI=1S/C27H24BrNO3/c1-2-31-27(30)21-10-6-11-24(17-21)29-15-7-12-25(29)18-22-16-23(28)13-14-26(22)32-19-20-8-4-3-5-9-20/h3-17H,2,18-19H2,1H3. The maximum Gasteiger partial charge on any atom is 0.338 e. The number of carbonyl (C=O) groups excluding carboxylic acids is 1. The zero-order valence-corrected chi connectivity index (χ0v) is 19.4. The van der Waals surface area contributed by atoms with E-state index < -0.39 is 0 Å². The summed E-state index contributed by atoms with van der Waals surface area (Å²) in [7, 11) is 0. The van der Waals surface area contributed by atoms with Crippen LogP contribution in [0, 0.1) is 0 Å². The van der Waals surface area contributed by atoms with E-state index in [-0.39, 0.29) is 5.97 Å². The van der Waals surface area contributed by atoms with E-state index in [2.05, 4.69) is 44.8 Å². The minimum atomic E-state index is -0.313. The normalized spacial score (nSPS) is 10.7. The van der Waals surface area contributed by atoms with Crippen molar-refractivity contribution in [2.24, 2.45) is 0 Å². The van der Waals surface area contributed by atoms with Crippen LogP contribution >= 0.6 is 15.9 Å². The number of carbonyl (C=O) groups is 1. The maximum absolute atomic E-state index is 12.2. The quantitative estimate of drug-likeness (QED) is 0.262. The molecule has 0 saturated heterocycles. The average molecular weight is 490 g/mol. The molecule has 0 bridgehead atoms. The van der Waals surface area contributed by atoms with E-state index in [1.165, 1.54) is 0 Å². The molecule has 1 aromatic heterocycles. The zero-order chi connectivity index (χ0) is 22.3. The largest absolute Gasteiger partial charge is 0.489 e. The number of halogens is 1. The number of esters is 1. The fourth-order valence-corrected chi connectivity index (χ4v) is 3.98. The first-order chi connectivity index (χ1) is 15.6. The summed E-state index contributed by atoms with van der Waals surface area (Å²) in [5.74, 6) is 0.539. The van der Waals surface area contributed by atoms with Crippen LogP contribution in [0.5, 0.6) is 5.75 Å². The van der Waals surface area contributed by atoms with Crippen LogP contribution in [0.15, 0.2) is 95.6 Å². The lowest BCUT2D eigenvalue weighted by Gasteiger charge is -2.15. The van der Waals surface area contributed by atoms with Crippen LogP contribution < -0.4 is 4.74 Å². The number of nitrogens with zero attached hydrogens (tertiary/aromatic N) is 1. The van der Waals surface area contributed by atoms with Crippen LogP contribution in [-0.2, 0) is 17.8 Å². The Balaban J connectivity index is 1.59. The highest BCUT2D eigenvalue weighted by atomic mass is 79.9. The fraction of sp³-hybridized carbons (Fsp3) is 0.148. The van der Waals surface area contributed by atoms with Crippen LogP contribution in [0.2, 0.25) is 0 Å². The Labute approximate surface area is 196 Å². The van der Waals surface area contributed by atoms with Gasteiger partial charge in [0, 0.05) is 34.0 Å². The number of rotatable bonds is 8. The summed E-state index contributed by atoms with van der Waals surface area (Å²) in [6.45, 7) is 2.67. The summed E-state index contributed by atoms with van der Waals surface area (Å²) in [6.07, 6.45) is 2.68. The Hall–Kier alpha value is -3.31. The third kappa shape index (κ3) is 5.29. The van der Waals surface area contributed by atoms with Gasteiger partial charge in [-0.15, -0.1) is 0 Å². The lowest BCUT2D eigenvalue weighted by Crippen LogP contribution is -2.07. The first kappa shape index (κ1) is 21.9. The second-order valence-corrected chi connectivity index (χ2v) is 8.26. The summed E-state index contributed by atoms with van der Waals surface area (Å²) < 4.78 is 14.4. The van der Waals surface area contributed by atoms with Crippen LogP contribution in [0.25, 0.3) is 5.69 Å². The molecule has 162 valence electrons. The van der Waals surface area contributed by atoms with Gasteiger partial charge in [-0.2, -0.15) is 0 Å². The fourth-order valence-electron chi connectivity index (χ4n) is 3.57. The molecule has 32 heavy (non-hydrogen) atoms. The highest BCUT2D eigenvalue weighted by Gasteiger charge is 2.12. The first-order valence-corrected chi connectivity index (χ1v) is 11.3. The molecule has 1 heterocycles. The molecule has 0 spiro atoms. The predicted molar refractivity (Wildman–Crippen MR) is 129 cm³/mol. The van der Waals surface area contributed by atoms with Crippen molar-refractivity contribution >= 4 is 21.9 Å². The molecule has 0 aliphatic rings. The molecular weight excluding hydrogens is 466 g/mol. The Kier molecular flexibility index (Phi) is 7.07. The molecule has 0 radical (unpaired) electrons. The van der Waals surface area contributed by atoms with Gasteiger partial charge in [-0.3, -0.25) is 0 Å². The van der Waals surface area contributed by atoms with Crippen molar-refractivity contribution in [2.75, 3.05) is 6.61 Å². The van der Waals surface area contributed by atoms with Gasteiger partial charge >= 0.3 is 5.97 Å². The van der Waals surface area contributed by atoms with E-state index in [4.69, 9.17) is 9.47 Å². The molecule has 0 fully saturated rings. The van der Waals surface area contributed by atoms with Crippen molar-refractivity contribution in [2.45, 2.75) is 20.0 Å². The molecule has 0 amide bonds. The van der Waals surface area contributed by atoms with Crippen LogP contribution in [-0.4, -0.2) is 17.1 Å². The van der Waals surface area contributed by atoms with E-state index in [0.29, 0.717) is 25.2 Å². The third-order valence-corrected chi connectivity index (χ3v) is 5.59. The summed E-state index contributed by atoms with van der Waals surface area (Å²) in [5.41, 5.74) is 4.75. The molecule has 0 N–H and O–H groups in total. The van der Waals surface area contributed by atoms with Crippen LogP contribution in [0.1, 0.15) is 34.1 Å². The van der Waals surface area contributed by atoms with Gasteiger partial charge in [-0.25, -0.2) is 4.79 Å². The lowest BCUT2D eigenvalue weighted by atomic mass is 10.1. The number of aromatic nitrogens is 1. The molecule has 0 saturated carbocycles. The Morgan fingerprint density at radius 3 is 2.59 bits per heavy atom. The molecule has 4 nitrogen and oxygen atoms in total. The molecule has 4 aromatic rings. The second kappa shape index (κ2) is 10.3. The highest BCUT2D eigenvalue weighted by Crippen LogP contribution is 2.28. The molecule has 0 aliphatic heterocycles. The van der Waals surface area contributed by atoms with E-state index in [0.717, 1.165) is 32.7 Å². The molecule has 5 heteroatoms. The summed E-state index contributed by atoms with van der Waals surface area (Å²) in [4.78, 5) is 12.2. The number of hydrogen-bond donors (Lipinski definition) is 0. The predicted octanol–water partition coefficient (Wildman–Crippen LogP) is 6.59. The van der Waals surface area contributed by atoms with Gasteiger partial charge in [-0.1, -0.05) is 52.3 Å². The van der Waals surface area contributed by atoms with Gasteiger partial charge in [0.05, 0.1) is 12.2 Å². The minimum absolute atomic E-state index is 0.313. The first-order valence-electron chi connectivity index (χ1n) is 10.5. The van der Waals surface area contributed by atoms with Crippen molar-refractivity contribution in [3.05, 3.63) is 118 Å². The monoisotopic (exact) mass is 489 g/mol. The van der Waals surface area contributed by atoms with Crippen LogP contribution in [0.4, 0.5) is 0 Å². The number of ether oxygens (including phenoxy) is 2. The number of hydrogen-bond acceptors (Lipinski definition) is 3. The smallest absolute Gasteiger partial charge is 0.338 e. The highest BCUT2D eigenvalue weighted by molar-refractivity contribution is 9.10. The zero-order valence-electron chi connectivity index (χ0n) is 17.8. The van der Waals surface area contributed by atoms with Gasteiger partial charge in [0.25, 0.3) is 0 Å². The summed E-state index contributed by atoms with van der Waals surface area (Å²) in [5, 5.41) is 0. The Morgan fingerprint density at radius 1 is 0.938 bits per heavy atom. The Morgan fingerprint density at radius 2 is 1.78 bits per heavy atom. The molecule has 0 unspecified atom stereocenters. The minimum Gasteiger partial charge on any atom is -0.489 e. The van der Waals surface area contributed by atoms with Gasteiger partial charge in [0.1, 0.15) is 12.4 Å². The van der Waals surface area contributed by atoms with E-state index >= 15 is 0 Å². The summed E-state index contributed by atoms with van der Waals surface area (Å²) >= 11 is 3.59. The van der Waals surface area contributed by atoms with Crippen molar-refractivity contribution in [3.8, 4) is 11.4 Å². The third-order valence-electron chi connectivity index (χ3n) is 5.10. The Bertz CT molecular complexity index is 1200. The molecule has 4 rings (SSSR count). The van der Waals surface area contributed by atoms with E-state index in [9.17, 15) is 4.79 Å². The average Bonchev–Trinajstić information content (AvgIpc) is 3.28. The number of benzene rings is 3. The molecular formula is C27H24BrNO3. The van der Waals surface area contributed by atoms with Gasteiger partial charge in [0.15, 0.2) is 0 Å². The van der Waals surface area contributed by atoms with Gasteiger partial charge in [0.2, 0.25) is 0 Å². The van der Waals surface area contributed by atoms with E-state index in [1.54, 1.807) is 13.0 Å². The molecule has 0 atom stereocenters. The van der Waals surface area contributed by atoms with Gasteiger partial charge < -0.3 is 14.0 Å². The topological polar surface area (TPSA) is 40.5 Å². The van der Waals surface area contributed by atoms with Crippen molar-refractivity contribution < 1.29 is 14.3 Å². The second-order valence-electron chi connectivity index (χ2n) is 7.34. The van der Waals surface area contributed by atoms with Gasteiger partial charge in [-0.05, 0) is 61.0 Å². The van der Waals surface area contributed by atoms with Crippen molar-refractivity contribution in [3.63, 3.8) is 0 Å². The lowest BCUT2D eigenvalue weighted by molar-refractivity contribution is 0.0526. The molecule has 3 aromatic carbocycles. The van der Waals surface area contributed by atoms with E-state index in [1.807, 2.05) is 60.8 Å². The van der Waals surface area contributed by atoms with Crippen LogP contribution in [0.3, 0.4) is 0 Å². The SMILES string of the molecule is CCOC(=O)c1cccc(-n2cccc2Cc2cc(Br)ccc2OCc2ccccc2)c1.